The van der Waals surface area contributed by atoms with Gasteiger partial charge in [-0.3, -0.25) is 39.9 Å². The molecule has 0 unspecified atom stereocenters. The summed E-state index contributed by atoms with van der Waals surface area (Å²) in [6.07, 6.45) is 39.2. The fraction of sp³-hybridized carbons (Fsp3) is 0.440. The van der Waals surface area contributed by atoms with Gasteiger partial charge in [0.2, 0.25) is 40.1 Å². The number of anilines is 4. The summed E-state index contributed by atoms with van der Waals surface area (Å²) in [6.45, 7) is 18.2. The molecule has 0 bridgehead atoms. The highest BCUT2D eigenvalue weighted by Crippen LogP contribution is 2.41. The number of aryl methyl sites for hydroxylation is 5. The molecule has 4 aromatic carbocycles. The lowest BCUT2D eigenvalue weighted by Gasteiger charge is -2.35. The maximum absolute atomic E-state index is 13.1. The molecular weight excluding hydrogens is 1680 g/mol. The largest absolute Gasteiger partial charge is 0.382 e. The molecule has 19 rings (SSSR count). The average molecular weight is 1800 g/mol. The van der Waals surface area contributed by atoms with Gasteiger partial charge in [-0.05, 0) is 314 Å². The molecule has 4 saturated heterocycles. The molecule has 0 spiro atoms. The summed E-state index contributed by atoms with van der Waals surface area (Å²) in [7, 11) is -12.7. The highest BCUT2D eigenvalue weighted by atomic mass is 32.2. The van der Waals surface area contributed by atoms with Crippen molar-refractivity contribution in [1.29, 1.82) is 0 Å². The second-order valence-corrected chi connectivity index (χ2v) is 45.4. The molecule has 128 heavy (non-hydrogen) atoms. The number of nitrogens with zero attached hydrogens (tertiary/aromatic N) is 12. The van der Waals surface area contributed by atoms with Gasteiger partial charge in [-0.2, -0.15) is 0 Å². The average Bonchev–Trinajstić information content (AvgIpc) is 0.973. The minimum absolute atomic E-state index is 0.164. The first-order chi connectivity index (χ1) is 61.7. The lowest BCUT2D eigenvalue weighted by atomic mass is 9.99. The maximum atomic E-state index is 13.1. The predicted octanol–water partition coefficient (Wildman–Crippen LogP) is 19.2. The van der Waals surface area contributed by atoms with Crippen LogP contribution < -0.4 is 21.3 Å². The van der Waals surface area contributed by atoms with Gasteiger partial charge in [0.15, 0.2) is 0 Å². The summed E-state index contributed by atoms with van der Waals surface area (Å²) in [5.74, 6) is 0. The van der Waals surface area contributed by atoms with Gasteiger partial charge in [-0.1, -0.05) is 51.0 Å². The van der Waals surface area contributed by atoms with Crippen molar-refractivity contribution in [2.75, 3.05) is 73.6 Å². The zero-order valence-electron chi connectivity index (χ0n) is 74.8. The van der Waals surface area contributed by atoms with Gasteiger partial charge >= 0.3 is 0 Å². The van der Waals surface area contributed by atoms with Crippen molar-refractivity contribution in [3.05, 3.63) is 218 Å². The zero-order valence-corrected chi connectivity index (χ0v) is 78.1. The minimum Gasteiger partial charge on any atom is -0.382 e. The van der Waals surface area contributed by atoms with Crippen LogP contribution in [0.2, 0.25) is 0 Å². The number of sulfonamides is 4. The Morgan fingerprint density at radius 3 is 0.875 bits per heavy atom. The van der Waals surface area contributed by atoms with Gasteiger partial charge in [-0.15, -0.1) is 0 Å². The van der Waals surface area contributed by atoms with Crippen molar-refractivity contribution in [3.8, 4) is 44.5 Å². The van der Waals surface area contributed by atoms with Gasteiger partial charge in [-0.25, -0.2) is 50.9 Å². The van der Waals surface area contributed by atoms with E-state index in [-0.39, 0.29) is 45.2 Å². The highest BCUT2D eigenvalue weighted by molar-refractivity contribution is 7.90. The minimum atomic E-state index is -3.19. The van der Waals surface area contributed by atoms with Gasteiger partial charge in [0, 0.05) is 223 Å². The van der Waals surface area contributed by atoms with Crippen LogP contribution in [0.25, 0.3) is 87.6 Å². The van der Waals surface area contributed by atoms with Crippen molar-refractivity contribution < 1.29 is 33.7 Å². The summed E-state index contributed by atoms with van der Waals surface area (Å²) in [6, 6.07) is 43.1. The van der Waals surface area contributed by atoms with Crippen molar-refractivity contribution in [2.24, 2.45) is 0 Å². The lowest BCUT2D eigenvalue weighted by molar-refractivity contribution is 0.320. The maximum Gasteiger partial charge on any atom is 0.216 e. The van der Waals surface area contributed by atoms with Crippen molar-refractivity contribution in [3.63, 3.8) is 0 Å². The van der Waals surface area contributed by atoms with E-state index in [0.29, 0.717) is 52.4 Å². The summed E-state index contributed by atoms with van der Waals surface area (Å²) >= 11 is 0. The molecule has 674 valence electrons. The third-order valence-electron chi connectivity index (χ3n) is 26.9. The molecule has 28 heteroatoms. The van der Waals surface area contributed by atoms with Gasteiger partial charge in [0.05, 0.1) is 21.0 Å². The van der Waals surface area contributed by atoms with E-state index < -0.39 is 40.1 Å². The number of hydrogen-bond donors (Lipinski definition) is 4. The normalized spacial score (nSPS) is 18.3. The van der Waals surface area contributed by atoms with E-state index in [9.17, 15) is 33.7 Å². The van der Waals surface area contributed by atoms with Crippen LogP contribution in [0.4, 0.5) is 22.7 Å². The monoisotopic (exact) mass is 1800 g/mol. The zero-order chi connectivity index (χ0) is 89.3. The Labute approximate surface area is 756 Å². The third-order valence-corrected chi connectivity index (χ3v) is 36.3. The van der Waals surface area contributed by atoms with Crippen LogP contribution in [0.5, 0.6) is 0 Å². The molecule has 12 heterocycles. The Balaban J connectivity index is 0.000000125. The Hall–Kier alpha value is -10.0. The molecular formula is C100H122N16O8S4. The quantitative estimate of drug-likeness (QED) is 0.0551. The number of rotatable bonds is 20. The predicted molar refractivity (Wildman–Crippen MR) is 519 cm³/mol. The smallest absolute Gasteiger partial charge is 0.216 e. The Kier molecular flexibility index (Phi) is 28.9. The fourth-order valence-electron chi connectivity index (χ4n) is 19.6. The van der Waals surface area contributed by atoms with E-state index in [1.807, 2.05) is 145 Å². The molecule has 3 aliphatic carbocycles. The van der Waals surface area contributed by atoms with E-state index in [0.717, 1.165) is 267 Å². The van der Waals surface area contributed by atoms with Crippen LogP contribution in [0.1, 0.15) is 177 Å². The summed E-state index contributed by atoms with van der Waals surface area (Å²) in [5, 5.41) is 22.8. The van der Waals surface area contributed by atoms with Gasteiger partial charge in [0.1, 0.15) is 0 Å². The highest BCUT2D eigenvalue weighted by Gasteiger charge is 2.40. The lowest BCUT2D eigenvalue weighted by Crippen LogP contribution is -2.46. The SMILES string of the molecule is Cc1cc(-c2cc(NC3CCN(S(=O)(=O)C(C)C)CC3)c3cnccc3c2)cc(C)n1.Cc1cc(-c2cc(NC3CCN(S(=O)(=O)C4CCCC4)CC3)c3cnccc3c2)ccn1.Cc1cc(-c2cc(NC3CCN(S(=O)(=O)C4CCCCC4)CC3)c3cnccc3c2)ccn1.Cc1ccc(-c2cc(NC3CCN(S(=O)(=O)C4CCCC4)CC3)c3cnccc3c2)cn1. The number of fused-ring (bicyclic) bond motifs is 4. The number of nitrogens with one attached hydrogen (secondary N) is 4. The number of benzene rings is 4. The van der Waals surface area contributed by atoms with Crippen LogP contribution >= 0.6 is 0 Å². The third kappa shape index (κ3) is 21.7. The Morgan fingerprint density at radius 2 is 0.570 bits per heavy atom. The molecule has 24 nitrogen and oxygen atoms in total. The molecule has 0 atom stereocenters. The fourth-order valence-corrected chi connectivity index (χ4v) is 27.1. The molecule has 3 saturated carbocycles. The summed E-state index contributed by atoms with van der Waals surface area (Å²) in [4.78, 5) is 34.9. The molecule has 4 aliphatic heterocycles. The van der Waals surface area contributed by atoms with E-state index >= 15 is 0 Å². The Bertz CT molecular complexity index is 6360. The van der Waals surface area contributed by atoms with Crippen LogP contribution in [0.3, 0.4) is 0 Å². The van der Waals surface area contributed by atoms with Crippen molar-refractivity contribution in [2.45, 2.75) is 228 Å². The van der Waals surface area contributed by atoms with Crippen LogP contribution in [0.15, 0.2) is 189 Å². The number of piperidine rings is 4. The first kappa shape index (κ1) is 91.3. The van der Waals surface area contributed by atoms with E-state index in [1.54, 1.807) is 31.1 Å². The van der Waals surface area contributed by atoms with E-state index in [2.05, 4.69) is 140 Å². The van der Waals surface area contributed by atoms with E-state index in [4.69, 9.17) is 0 Å². The summed E-state index contributed by atoms with van der Waals surface area (Å²) < 4.78 is 110. The van der Waals surface area contributed by atoms with Gasteiger partial charge in [0.25, 0.3) is 0 Å². The first-order valence-electron chi connectivity index (χ1n) is 46.0. The molecule has 4 N–H and O–H groups in total. The standard InChI is InChI=1S/C26H32N4O2S.2C25H30N4O2S.C24H30N4O2S/c1-19-15-20(8-12-28-19)22-16-21-7-11-27-18-25(21)26(17-22)29-23-9-13-30(14-10-23)33(31,32)24-5-3-2-4-6-24;1-18-14-19(7-11-27-18)21-15-20-6-10-26-17-24(20)25(16-21)28-22-8-12-29(13-9-22)32(30,31)23-4-2-3-5-23;1-18-6-7-20(16-27-18)21-14-19-8-11-26-17-24(19)25(15-21)28-22-9-12-29(13-10-22)32(30,31)23-4-2-3-5-23;1-16(2)31(29,30)28-9-6-22(7-10-28)27-24-14-21(13-19-5-8-25-15-23(19)24)20-11-17(3)26-18(4)12-20/h7-8,11-12,15-18,23-24,29H,2-6,9-10,13-14H2,1H3;6-7,10-11,14-17,22-23,28H,2-5,8-9,12-13H2,1H3;6-8,11,14-17,22-23,28H,2-5,9-10,12-13H2,1H3;5,8,11-16,22,27H,6-7,9-10H2,1-4H3. The second-order valence-electron chi connectivity index (χ2n) is 36.3. The number of hydrogen-bond acceptors (Lipinski definition) is 20. The molecule has 8 aromatic heterocycles. The van der Waals surface area contributed by atoms with Crippen LogP contribution in [0, 0.1) is 34.6 Å². The molecule has 7 aliphatic rings. The molecule has 0 radical (unpaired) electrons. The van der Waals surface area contributed by atoms with Crippen molar-refractivity contribution >= 4 is 106 Å². The number of pyridine rings is 8. The van der Waals surface area contributed by atoms with Crippen molar-refractivity contribution in [1.82, 2.24) is 57.1 Å². The van der Waals surface area contributed by atoms with Crippen LogP contribution in [-0.4, -0.2) is 188 Å². The van der Waals surface area contributed by atoms with E-state index in [1.165, 1.54) is 6.42 Å². The second kappa shape index (κ2) is 40.5. The first-order valence-corrected chi connectivity index (χ1v) is 52.0. The van der Waals surface area contributed by atoms with Gasteiger partial charge < -0.3 is 21.3 Å². The molecule has 7 fully saturated rings. The number of aromatic nitrogens is 8. The summed E-state index contributed by atoms with van der Waals surface area (Å²) in [5.41, 5.74) is 18.2. The van der Waals surface area contributed by atoms with Crippen LogP contribution in [-0.2, 0) is 40.1 Å². The molecule has 12 aromatic rings. The Morgan fingerprint density at radius 1 is 0.281 bits per heavy atom. The topological polar surface area (TPSA) is 301 Å². The molecule has 0 amide bonds.